The Hall–Kier alpha value is -2.10. The second-order valence-electron chi connectivity index (χ2n) is 4.48. The number of ether oxygens (including phenoxy) is 1. The Morgan fingerprint density at radius 2 is 1.89 bits per heavy atom. The van der Waals surface area contributed by atoms with Crippen LogP contribution in [0, 0.1) is 6.92 Å². The molecule has 2 rings (SSSR count). The highest BCUT2D eigenvalue weighted by atomic mass is 16.5. The van der Waals surface area contributed by atoms with Crippen molar-refractivity contribution in [2.75, 3.05) is 5.73 Å². The third-order valence-corrected chi connectivity index (χ3v) is 3.06. The van der Waals surface area contributed by atoms with Gasteiger partial charge in [0.2, 0.25) is 5.88 Å². The molecule has 1 aromatic carbocycles. The monoisotopic (exact) mass is 257 g/mol. The van der Waals surface area contributed by atoms with Crippen LogP contribution in [0.1, 0.15) is 36.9 Å². The molecule has 19 heavy (non-hydrogen) atoms. The van der Waals surface area contributed by atoms with Gasteiger partial charge in [0.15, 0.2) is 0 Å². The molecule has 2 aromatic rings. The number of anilines is 1. The number of nitrogens with two attached hydrogens (primary N) is 1. The zero-order chi connectivity index (χ0) is 13.8. The second-order valence-corrected chi connectivity index (χ2v) is 4.48. The maximum atomic E-state index is 5.92. The van der Waals surface area contributed by atoms with Gasteiger partial charge in [-0.1, -0.05) is 37.3 Å². The van der Waals surface area contributed by atoms with E-state index in [0.29, 0.717) is 17.5 Å². The number of hydrogen-bond acceptors (Lipinski definition) is 4. The van der Waals surface area contributed by atoms with Crippen LogP contribution >= 0.6 is 0 Å². The smallest absolute Gasteiger partial charge is 0.222 e. The first-order chi connectivity index (χ1) is 9.11. The fourth-order valence-corrected chi connectivity index (χ4v) is 1.79. The van der Waals surface area contributed by atoms with Crippen LogP contribution in [0.3, 0.4) is 0 Å². The van der Waals surface area contributed by atoms with Gasteiger partial charge in [-0.25, -0.2) is 4.98 Å². The van der Waals surface area contributed by atoms with E-state index in [0.717, 1.165) is 17.5 Å². The Morgan fingerprint density at radius 1 is 1.21 bits per heavy atom. The molecule has 1 unspecified atom stereocenters. The first-order valence-corrected chi connectivity index (χ1v) is 6.46. The lowest BCUT2D eigenvalue weighted by Gasteiger charge is -2.17. The summed E-state index contributed by atoms with van der Waals surface area (Å²) in [5.41, 5.74) is 7.78. The molecular formula is C15H19N3O. The molecule has 0 amide bonds. The average Bonchev–Trinajstić information content (AvgIpc) is 2.44. The number of aryl methyl sites for hydroxylation is 1. The molecule has 4 heteroatoms. The molecule has 4 nitrogen and oxygen atoms in total. The molecule has 0 aliphatic rings. The Labute approximate surface area is 113 Å². The van der Waals surface area contributed by atoms with E-state index in [1.165, 1.54) is 0 Å². The van der Waals surface area contributed by atoms with E-state index in [1.54, 1.807) is 0 Å². The molecule has 1 heterocycles. The fourth-order valence-electron chi connectivity index (χ4n) is 1.79. The van der Waals surface area contributed by atoms with Gasteiger partial charge < -0.3 is 10.5 Å². The maximum Gasteiger partial charge on any atom is 0.222 e. The summed E-state index contributed by atoms with van der Waals surface area (Å²) in [7, 11) is 0. The summed E-state index contributed by atoms with van der Waals surface area (Å²) in [6, 6.07) is 10.0. The van der Waals surface area contributed by atoms with Crippen molar-refractivity contribution in [3.63, 3.8) is 0 Å². The number of benzene rings is 1. The summed E-state index contributed by atoms with van der Waals surface area (Å²) in [6.45, 7) is 5.87. The molecular weight excluding hydrogens is 238 g/mol. The molecule has 0 spiro atoms. The largest absolute Gasteiger partial charge is 0.469 e. The topological polar surface area (TPSA) is 61.0 Å². The summed E-state index contributed by atoms with van der Waals surface area (Å²) in [5.74, 6) is 1.76. The summed E-state index contributed by atoms with van der Waals surface area (Å²) in [6.07, 6.45) is 0.666. The van der Waals surface area contributed by atoms with E-state index < -0.39 is 0 Å². The van der Waals surface area contributed by atoms with Crippen molar-refractivity contribution in [2.24, 2.45) is 0 Å². The van der Waals surface area contributed by atoms with Crippen molar-refractivity contribution in [2.45, 2.75) is 33.3 Å². The minimum atomic E-state index is -0.0705. The highest BCUT2D eigenvalue weighted by Gasteiger charge is 2.13. The normalized spacial score (nSPS) is 12.2. The molecule has 1 aromatic heterocycles. The molecule has 0 aliphatic carbocycles. The molecule has 0 fully saturated rings. The standard InChI is InChI=1S/C15H19N3O/c1-4-13-17-14(16)10(2)15(18-13)19-11(3)12-8-6-5-7-9-12/h5-9,11H,4H2,1-3H3,(H2,16,17,18). The second kappa shape index (κ2) is 5.69. The van der Waals surface area contributed by atoms with Crippen LogP contribution in [-0.2, 0) is 6.42 Å². The molecule has 0 aliphatic heterocycles. The quantitative estimate of drug-likeness (QED) is 0.914. The SMILES string of the molecule is CCc1nc(N)c(C)c(OC(C)c2ccccc2)n1. The van der Waals surface area contributed by atoms with Gasteiger partial charge in [0.05, 0.1) is 5.56 Å². The first-order valence-electron chi connectivity index (χ1n) is 6.46. The average molecular weight is 257 g/mol. The predicted molar refractivity (Wildman–Crippen MR) is 76.0 cm³/mol. The molecule has 100 valence electrons. The summed E-state index contributed by atoms with van der Waals surface area (Å²) < 4.78 is 5.92. The number of nitrogen functional groups attached to an aromatic ring is 1. The predicted octanol–water partition coefficient (Wildman–Crippen LogP) is 3.07. The minimum Gasteiger partial charge on any atom is -0.469 e. The van der Waals surface area contributed by atoms with Crippen LogP contribution in [-0.4, -0.2) is 9.97 Å². The molecule has 1 atom stereocenters. The lowest BCUT2D eigenvalue weighted by Crippen LogP contribution is -2.09. The van der Waals surface area contributed by atoms with Crippen LogP contribution in [0.15, 0.2) is 30.3 Å². The van der Waals surface area contributed by atoms with Gasteiger partial charge in [-0.05, 0) is 19.4 Å². The Balaban J connectivity index is 2.26. The van der Waals surface area contributed by atoms with Crippen molar-refractivity contribution >= 4 is 5.82 Å². The van der Waals surface area contributed by atoms with Gasteiger partial charge in [0.25, 0.3) is 0 Å². The van der Waals surface area contributed by atoms with E-state index in [-0.39, 0.29) is 6.10 Å². The van der Waals surface area contributed by atoms with Crippen LogP contribution in [0.4, 0.5) is 5.82 Å². The molecule has 0 bridgehead atoms. The first kappa shape index (κ1) is 13.3. The van der Waals surface area contributed by atoms with E-state index in [9.17, 15) is 0 Å². The van der Waals surface area contributed by atoms with Gasteiger partial charge >= 0.3 is 0 Å². The zero-order valence-electron chi connectivity index (χ0n) is 11.6. The van der Waals surface area contributed by atoms with E-state index >= 15 is 0 Å². The van der Waals surface area contributed by atoms with Crippen LogP contribution in [0.5, 0.6) is 5.88 Å². The van der Waals surface area contributed by atoms with Crippen molar-refractivity contribution in [3.05, 3.63) is 47.3 Å². The number of aromatic nitrogens is 2. The lowest BCUT2D eigenvalue weighted by atomic mass is 10.1. The highest BCUT2D eigenvalue weighted by molar-refractivity contribution is 5.44. The third kappa shape index (κ3) is 3.02. The maximum absolute atomic E-state index is 5.92. The van der Waals surface area contributed by atoms with Crippen LogP contribution < -0.4 is 10.5 Å². The van der Waals surface area contributed by atoms with Crippen molar-refractivity contribution < 1.29 is 4.74 Å². The molecule has 0 saturated heterocycles. The molecule has 2 N–H and O–H groups in total. The van der Waals surface area contributed by atoms with Gasteiger partial charge in [-0.15, -0.1) is 0 Å². The van der Waals surface area contributed by atoms with Gasteiger partial charge in [0.1, 0.15) is 17.7 Å². The molecule has 0 radical (unpaired) electrons. The number of hydrogen-bond donors (Lipinski definition) is 1. The molecule has 0 saturated carbocycles. The minimum absolute atomic E-state index is 0.0705. The Kier molecular flexibility index (Phi) is 4.00. The van der Waals surface area contributed by atoms with Crippen molar-refractivity contribution in [3.8, 4) is 5.88 Å². The van der Waals surface area contributed by atoms with Crippen molar-refractivity contribution in [1.29, 1.82) is 0 Å². The van der Waals surface area contributed by atoms with E-state index in [4.69, 9.17) is 10.5 Å². The Morgan fingerprint density at radius 3 is 2.53 bits per heavy atom. The highest BCUT2D eigenvalue weighted by Crippen LogP contribution is 2.25. The van der Waals surface area contributed by atoms with E-state index in [1.807, 2.05) is 51.1 Å². The van der Waals surface area contributed by atoms with Gasteiger partial charge in [-0.3, -0.25) is 0 Å². The number of nitrogens with zero attached hydrogens (tertiary/aromatic N) is 2. The Bertz CT molecular complexity index is 555. The van der Waals surface area contributed by atoms with Crippen molar-refractivity contribution in [1.82, 2.24) is 9.97 Å². The zero-order valence-corrected chi connectivity index (χ0v) is 11.6. The van der Waals surface area contributed by atoms with E-state index in [2.05, 4.69) is 9.97 Å². The van der Waals surface area contributed by atoms with Gasteiger partial charge in [0, 0.05) is 6.42 Å². The van der Waals surface area contributed by atoms with Crippen LogP contribution in [0.2, 0.25) is 0 Å². The summed E-state index contributed by atoms with van der Waals surface area (Å²) in [5, 5.41) is 0. The van der Waals surface area contributed by atoms with Gasteiger partial charge in [-0.2, -0.15) is 4.98 Å². The summed E-state index contributed by atoms with van der Waals surface area (Å²) in [4.78, 5) is 8.62. The van der Waals surface area contributed by atoms with Crippen LogP contribution in [0.25, 0.3) is 0 Å². The fraction of sp³-hybridized carbons (Fsp3) is 0.333. The number of rotatable bonds is 4. The third-order valence-electron chi connectivity index (χ3n) is 3.06. The lowest BCUT2D eigenvalue weighted by molar-refractivity contribution is 0.215. The summed E-state index contributed by atoms with van der Waals surface area (Å²) >= 11 is 0.